The van der Waals surface area contributed by atoms with Crippen LogP contribution in [0.15, 0.2) is 54.6 Å². The zero-order valence-electron chi connectivity index (χ0n) is 20.4. The Bertz CT molecular complexity index is 1280. The van der Waals surface area contributed by atoms with Crippen molar-refractivity contribution in [1.29, 1.82) is 0 Å². The monoisotopic (exact) mass is 544 g/mol. The zero-order valence-corrected chi connectivity index (χ0v) is 21.9. The molecule has 2 unspecified atom stereocenters. The number of nitrogens with two attached hydrogens (primary N) is 2. The molecule has 0 fully saturated rings. The van der Waals surface area contributed by atoms with E-state index in [1.165, 1.54) is 0 Å². The molecule has 0 aliphatic carbocycles. The van der Waals surface area contributed by atoms with Crippen LogP contribution in [0, 0.1) is 0 Å². The number of primary amides is 1. The number of halogens is 2. The van der Waals surface area contributed by atoms with E-state index in [0.717, 1.165) is 16.3 Å². The predicted molar refractivity (Wildman–Crippen MR) is 146 cm³/mol. The maximum Gasteiger partial charge on any atom is 0.255 e. The summed E-state index contributed by atoms with van der Waals surface area (Å²) in [6.45, 7) is 2.35. The van der Waals surface area contributed by atoms with Crippen molar-refractivity contribution in [1.82, 2.24) is 10.6 Å². The largest absolute Gasteiger partial charge is 0.493 e. The molecule has 0 bridgehead atoms. The van der Waals surface area contributed by atoms with Gasteiger partial charge in [-0.3, -0.25) is 14.4 Å². The van der Waals surface area contributed by atoms with Crippen LogP contribution in [0.25, 0.3) is 10.8 Å². The molecule has 3 amide bonds. The minimum atomic E-state index is -0.743. The van der Waals surface area contributed by atoms with Gasteiger partial charge in [-0.2, -0.15) is 0 Å². The average Bonchev–Trinajstić information content (AvgIpc) is 2.89. The summed E-state index contributed by atoms with van der Waals surface area (Å²) in [7, 11) is 0. The van der Waals surface area contributed by atoms with E-state index >= 15 is 0 Å². The Balaban J connectivity index is 1.50. The Kier molecular flexibility index (Phi) is 10.1. The molecule has 0 spiro atoms. The molecule has 0 aromatic heterocycles. The molecule has 0 radical (unpaired) electrons. The summed E-state index contributed by atoms with van der Waals surface area (Å²) in [6.07, 6.45) is 1.28. The van der Waals surface area contributed by atoms with Crippen molar-refractivity contribution in [3.05, 3.63) is 75.8 Å². The van der Waals surface area contributed by atoms with Crippen molar-refractivity contribution >= 4 is 51.7 Å². The molecule has 0 heterocycles. The minimum absolute atomic E-state index is 0.245. The van der Waals surface area contributed by atoms with Crippen LogP contribution in [-0.2, 0) is 9.59 Å². The lowest BCUT2D eigenvalue weighted by atomic mass is 9.93. The summed E-state index contributed by atoms with van der Waals surface area (Å²) < 4.78 is 5.91. The van der Waals surface area contributed by atoms with Gasteiger partial charge < -0.3 is 26.8 Å². The predicted octanol–water partition coefficient (Wildman–Crippen LogP) is 3.77. The van der Waals surface area contributed by atoms with Crippen LogP contribution in [-0.4, -0.2) is 43.5 Å². The van der Waals surface area contributed by atoms with Gasteiger partial charge in [-0.1, -0.05) is 60.5 Å². The standard InChI is InChI=1S/C27H30Cl2N4O4/c1-16(17-8-9-21(28)22(29)13-17)25(31)27(36)32-10-4-5-11-37-23-14-19-7-3-2-6-18(19)12-20(23)26(35)33-15-24(30)34/h2-3,6-9,12-14,16,25H,4-5,10-11,15,31H2,1H3,(H2,30,34)(H,32,36)(H,33,35). The van der Waals surface area contributed by atoms with Crippen molar-refractivity contribution in [3.63, 3.8) is 0 Å². The highest BCUT2D eigenvalue weighted by Gasteiger charge is 2.22. The summed E-state index contributed by atoms with van der Waals surface area (Å²) in [4.78, 5) is 36.2. The molecule has 3 aromatic rings. The third-order valence-electron chi connectivity index (χ3n) is 5.95. The maximum absolute atomic E-state index is 12.6. The number of benzene rings is 3. The first-order valence-electron chi connectivity index (χ1n) is 11.9. The molecule has 8 nitrogen and oxygen atoms in total. The molecule has 0 saturated heterocycles. The number of ether oxygens (including phenoxy) is 1. The first-order valence-corrected chi connectivity index (χ1v) is 12.6. The van der Waals surface area contributed by atoms with Crippen molar-refractivity contribution in [3.8, 4) is 5.75 Å². The van der Waals surface area contributed by atoms with Gasteiger partial charge >= 0.3 is 0 Å². The zero-order chi connectivity index (χ0) is 26.9. The molecule has 0 aliphatic rings. The average molecular weight is 545 g/mol. The van der Waals surface area contributed by atoms with Crippen LogP contribution in [0.4, 0.5) is 0 Å². The number of hydrogen-bond donors (Lipinski definition) is 4. The summed E-state index contributed by atoms with van der Waals surface area (Å²) in [5, 5.41) is 8.00. The van der Waals surface area contributed by atoms with E-state index in [-0.39, 0.29) is 18.4 Å². The van der Waals surface area contributed by atoms with E-state index < -0.39 is 17.9 Å². The molecule has 10 heteroatoms. The smallest absolute Gasteiger partial charge is 0.255 e. The van der Waals surface area contributed by atoms with Crippen molar-refractivity contribution < 1.29 is 19.1 Å². The Morgan fingerprint density at radius 2 is 1.65 bits per heavy atom. The molecule has 196 valence electrons. The number of unbranched alkanes of at least 4 members (excludes halogenated alkanes) is 1. The SMILES string of the molecule is CC(c1ccc(Cl)c(Cl)c1)C(N)C(=O)NCCCCOc1cc2ccccc2cc1C(=O)NCC(N)=O. The van der Waals surface area contributed by atoms with Gasteiger partial charge in [-0.25, -0.2) is 0 Å². The summed E-state index contributed by atoms with van der Waals surface area (Å²) >= 11 is 12.0. The lowest BCUT2D eigenvalue weighted by Crippen LogP contribution is -2.44. The van der Waals surface area contributed by atoms with Gasteiger partial charge in [-0.05, 0) is 53.4 Å². The fourth-order valence-corrected chi connectivity index (χ4v) is 4.05. The third-order valence-corrected chi connectivity index (χ3v) is 6.69. The number of rotatable bonds is 12. The van der Waals surface area contributed by atoms with E-state index in [0.29, 0.717) is 47.4 Å². The number of hydrogen-bond acceptors (Lipinski definition) is 5. The molecular formula is C27H30Cl2N4O4. The number of amides is 3. The van der Waals surface area contributed by atoms with Gasteiger partial charge in [0.15, 0.2) is 0 Å². The lowest BCUT2D eigenvalue weighted by molar-refractivity contribution is -0.122. The van der Waals surface area contributed by atoms with E-state index in [2.05, 4.69) is 10.6 Å². The van der Waals surface area contributed by atoms with Crippen molar-refractivity contribution in [2.24, 2.45) is 11.5 Å². The third kappa shape index (κ3) is 7.82. The number of fused-ring (bicyclic) bond motifs is 1. The van der Waals surface area contributed by atoms with E-state index in [1.54, 1.807) is 30.3 Å². The molecule has 2 atom stereocenters. The van der Waals surface area contributed by atoms with Crippen LogP contribution < -0.4 is 26.8 Å². The van der Waals surface area contributed by atoms with Crippen LogP contribution >= 0.6 is 23.2 Å². The molecule has 37 heavy (non-hydrogen) atoms. The quantitative estimate of drug-likeness (QED) is 0.257. The summed E-state index contributed by atoms with van der Waals surface area (Å²) in [5.74, 6) is -1.18. The second-order valence-corrected chi connectivity index (χ2v) is 9.49. The number of nitrogens with one attached hydrogen (secondary N) is 2. The van der Waals surface area contributed by atoms with Gasteiger partial charge in [-0.15, -0.1) is 0 Å². The first kappa shape index (κ1) is 28.2. The Labute approximate surface area is 225 Å². The maximum atomic E-state index is 12.6. The van der Waals surface area contributed by atoms with Gasteiger partial charge in [0.05, 0.1) is 34.8 Å². The highest BCUT2D eigenvalue weighted by atomic mass is 35.5. The van der Waals surface area contributed by atoms with Crippen LogP contribution in [0.3, 0.4) is 0 Å². The van der Waals surface area contributed by atoms with Crippen molar-refractivity contribution in [2.45, 2.75) is 31.7 Å². The second-order valence-electron chi connectivity index (χ2n) is 8.68. The van der Waals surface area contributed by atoms with Crippen molar-refractivity contribution in [2.75, 3.05) is 19.7 Å². The van der Waals surface area contributed by atoms with Gasteiger partial charge in [0, 0.05) is 12.5 Å². The Hall–Kier alpha value is -3.33. The van der Waals surface area contributed by atoms with E-state index in [1.807, 2.05) is 31.2 Å². The normalized spacial score (nSPS) is 12.5. The van der Waals surface area contributed by atoms with Gasteiger partial charge in [0.25, 0.3) is 5.91 Å². The Morgan fingerprint density at radius 1 is 0.946 bits per heavy atom. The van der Waals surface area contributed by atoms with Crippen LogP contribution in [0.2, 0.25) is 10.0 Å². The van der Waals surface area contributed by atoms with Crippen LogP contribution in [0.1, 0.15) is 41.6 Å². The molecule has 0 saturated carbocycles. The molecule has 3 rings (SSSR count). The highest BCUT2D eigenvalue weighted by Crippen LogP contribution is 2.28. The fraction of sp³-hybridized carbons (Fsp3) is 0.296. The second kappa shape index (κ2) is 13.3. The molecular weight excluding hydrogens is 515 g/mol. The van der Waals surface area contributed by atoms with Crippen LogP contribution in [0.5, 0.6) is 5.75 Å². The topological polar surface area (TPSA) is 137 Å². The fourth-order valence-electron chi connectivity index (χ4n) is 3.75. The summed E-state index contributed by atoms with van der Waals surface area (Å²) in [6, 6.07) is 15.6. The molecule has 3 aromatic carbocycles. The first-order chi connectivity index (χ1) is 17.7. The number of carbonyl (C=O) groups is 3. The number of carbonyl (C=O) groups excluding carboxylic acids is 3. The van der Waals surface area contributed by atoms with Gasteiger partial charge in [0.2, 0.25) is 11.8 Å². The molecule has 0 aliphatic heterocycles. The lowest BCUT2D eigenvalue weighted by Gasteiger charge is -2.20. The molecule has 6 N–H and O–H groups in total. The van der Waals surface area contributed by atoms with E-state index in [9.17, 15) is 14.4 Å². The van der Waals surface area contributed by atoms with Gasteiger partial charge in [0.1, 0.15) is 5.75 Å². The summed E-state index contributed by atoms with van der Waals surface area (Å²) in [5.41, 5.74) is 12.4. The Morgan fingerprint density at radius 3 is 2.32 bits per heavy atom. The highest BCUT2D eigenvalue weighted by molar-refractivity contribution is 6.42. The van der Waals surface area contributed by atoms with E-state index in [4.69, 9.17) is 39.4 Å². The minimum Gasteiger partial charge on any atom is -0.493 e.